The van der Waals surface area contributed by atoms with Crippen molar-refractivity contribution in [3.63, 3.8) is 0 Å². The molecule has 5 aromatic rings. The number of benzene rings is 4. The molecule has 2 aliphatic rings. The number of thiazole rings is 1. The van der Waals surface area contributed by atoms with Crippen molar-refractivity contribution < 1.29 is 66.7 Å². The third-order valence-corrected chi connectivity index (χ3v) is 18.3. The number of nitrogens with zero attached hydrogens (tertiary/aromatic N) is 3. The molecule has 0 bridgehead atoms. The van der Waals surface area contributed by atoms with Crippen molar-refractivity contribution >= 4 is 68.7 Å². The topological polar surface area (TPSA) is 205 Å². The lowest BCUT2D eigenvalue weighted by atomic mass is 9.82. The molecule has 0 spiro atoms. The van der Waals surface area contributed by atoms with Crippen LogP contribution in [-0.4, -0.2) is 80.5 Å². The summed E-state index contributed by atoms with van der Waals surface area (Å²) in [7, 11) is 1.78. The molecule has 0 unspecified atom stereocenters. The minimum Gasteiger partial charge on any atom is -0.494 e. The van der Waals surface area contributed by atoms with E-state index in [1.165, 1.54) is 107 Å². The van der Waals surface area contributed by atoms with Crippen LogP contribution in [0.25, 0.3) is 10.2 Å². The van der Waals surface area contributed by atoms with Gasteiger partial charge in [0.25, 0.3) is 0 Å². The number of aromatic nitrogens is 1. The van der Waals surface area contributed by atoms with E-state index in [-0.39, 0.29) is 47.2 Å². The van der Waals surface area contributed by atoms with Gasteiger partial charge in [0.05, 0.1) is 66.5 Å². The second-order valence-electron chi connectivity index (χ2n) is 24.4. The standard InChI is InChI=1S/C75H97N3O14S/c1-4-69(79)87-52-28-22-18-14-9-7-6-8-12-16-20-26-50-85-61-40-44-63(45-41-61)89-71(81)56-32-34-58(35-33-56)73(83)91-65-48-49-67(60(54-65)55-76-78(3)75-77-66-30-24-25-31-68(66)93-75)92-74(84)59-38-36-57(37-39-59)72(82)90-64-46-42-62(43-47-64)86-51-27-21-17-13-10-11-15-19-23-29-53-88-70(80)5-2/h4-5,24-25,30-31,40-49,54-59H,1-2,6-23,26-29,32-39,50-53H2,3H3/b76-55+. The zero-order chi connectivity index (χ0) is 65.7. The van der Waals surface area contributed by atoms with Gasteiger partial charge in [0.15, 0.2) is 0 Å². The Morgan fingerprint density at radius 2 is 0.796 bits per heavy atom. The van der Waals surface area contributed by atoms with E-state index in [4.69, 9.17) is 42.9 Å². The maximum atomic E-state index is 13.8. The number of hydrazone groups is 1. The Morgan fingerprint density at radius 1 is 0.452 bits per heavy atom. The molecule has 0 amide bonds. The van der Waals surface area contributed by atoms with Crippen LogP contribution >= 0.6 is 11.3 Å². The molecule has 93 heavy (non-hydrogen) atoms. The van der Waals surface area contributed by atoms with E-state index in [0.29, 0.717) is 100.0 Å². The minimum atomic E-state index is -0.448. The summed E-state index contributed by atoms with van der Waals surface area (Å²) in [4.78, 5) is 81.1. The van der Waals surface area contributed by atoms with Crippen LogP contribution in [0, 0.1) is 23.7 Å². The normalized spacial score (nSPS) is 16.2. The number of fused-ring (bicyclic) bond motifs is 1. The maximum Gasteiger partial charge on any atom is 0.330 e. The van der Waals surface area contributed by atoms with Gasteiger partial charge in [-0.25, -0.2) is 19.6 Å². The maximum absolute atomic E-state index is 13.8. The lowest BCUT2D eigenvalue weighted by Crippen LogP contribution is -2.30. The highest BCUT2D eigenvalue weighted by Gasteiger charge is 2.34. The summed E-state index contributed by atoms with van der Waals surface area (Å²) in [5.74, 6) is -0.976. The first-order valence-electron chi connectivity index (χ1n) is 34.1. The fourth-order valence-electron chi connectivity index (χ4n) is 11.5. The molecule has 18 heteroatoms. The zero-order valence-electron chi connectivity index (χ0n) is 54.6. The molecule has 2 aliphatic carbocycles. The molecule has 4 aromatic carbocycles. The van der Waals surface area contributed by atoms with E-state index in [1.807, 2.05) is 48.5 Å². The van der Waals surface area contributed by atoms with Gasteiger partial charge in [-0.3, -0.25) is 19.2 Å². The van der Waals surface area contributed by atoms with Crippen LogP contribution in [0.5, 0.6) is 34.5 Å². The van der Waals surface area contributed by atoms with Gasteiger partial charge < -0.3 is 37.9 Å². The zero-order valence-corrected chi connectivity index (χ0v) is 55.4. The quantitative estimate of drug-likeness (QED) is 0.00889. The lowest BCUT2D eigenvalue weighted by molar-refractivity contribution is -0.145. The fraction of sp³-hybridized carbons (Fsp3) is 0.520. The van der Waals surface area contributed by atoms with E-state index in [2.05, 4.69) is 18.3 Å². The summed E-state index contributed by atoms with van der Waals surface area (Å²) in [5, 5.41) is 6.95. The van der Waals surface area contributed by atoms with Crippen LogP contribution < -0.4 is 33.4 Å². The molecule has 0 radical (unpaired) electrons. The summed E-state index contributed by atoms with van der Waals surface area (Å²) in [6.07, 6.45) is 32.8. The molecule has 502 valence electrons. The number of carbonyl (C=O) groups is 6. The number of carbonyl (C=O) groups excluding carboxylic acids is 6. The summed E-state index contributed by atoms with van der Waals surface area (Å²) in [6.45, 7) is 9.01. The monoisotopic (exact) mass is 1300 g/mol. The third-order valence-electron chi connectivity index (χ3n) is 17.1. The third kappa shape index (κ3) is 26.9. The highest BCUT2D eigenvalue weighted by atomic mass is 32.1. The second kappa shape index (κ2) is 41.7. The van der Waals surface area contributed by atoms with Gasteiger partial charge in [-0.05, 0) is 156 Å². The molecule has 0 aliphatic heterocycles. The molecule has 1 aromatic heterocycles. The Hall–Kier alpha value is -7.86. The molecule has 0 saturated heterocycles. The smallest absolute Gasteiger partial charge is 0.330 e. The van der Waals surface area contributed by atoms with Crippen molar-refractivity contribution in [2.75, 3.05) is 38.5 Å². The Kier molecular flexibility index (Phi) is 32.5. The van der Waals surface area contributed by atoms with E-state index in [9.17, 15) is 28.8 Å². The molecule has 1 heterocycles. The lowest BCUT2D eigenvalue weighted by Gasteiger charge is -2.26. The van der Waals surface area contributed by atoms with Crippen LogP contribution in [0.2, 0.25) is 0 Å². The van der Waals surface area contributed by atoms with Crippen LogP contribution in [0.15, 0.2) is 121 Å². The van der Waals surface area contributed by atoms with Crippen molar-refractivity contribution in [3.8, 4) is 34.5 Å². The number of para-hydroxylation sites is 1. The predicted molar refractivity (Wildman–Crippen MR) is 363 cm³/mol. The number of anilines is 1. The van der Waals surface area contributed by atoms with Crippen LogP contribution in [-0.2, 0) is 38.2 Å². The van der Waals surface area contributed by atoms with E-state index in [0.717, 1.165) is 79.5 Å². The summed E-state index contributed by atoms with van der Waals surface area (Å²) in [6, 6.07) is 26.9. The van der Waals surface area contributed by atoms with Crippen LogP contribution in [0.1, 0.15) is 198 Å². The Labute approximate surface area is 554 Å². The van der Waals surface area contributed by atoms with Crippen molar-refractivity contribution in [2.45, 2.75) is 193 Å². The van der Waals surface area contributed by atoms with Crippen molar-refractivity contribution in [2.24, 2.45) is 28.8 Å². The number of ether oxygens (including phenoxy) is 8. The second-order valence-corrected chi connectivity index (χ2v) is 25.4. The molecule has 0 atom stereocenters. The van der Waals surface area contributed by atoms with E-state index >= 15 is 0 Å². The molecule has 0 N–H and O–H groups in total. The molecular formula is C75H97N3O14S. The Bertz CT molecular complexity index is 3090. The van der Waals surface area contributed by atoms with Gasteiger partial charge >= 0.3 is 35.8 Å². The number of rotatable bonds is 43. The van der Waals surface area contributed by atoms with Crippen LogP contribution in [0.3, 0.4) is 0 Å². The Morgan fingerprint density at radius 3 is 1.19 bits per heavy atom. The first-order valence-corrected chi connectivity index (χ1v) is 34.9. The van der Waals surface area contributed by atoms with Crippen molar-refractivity contribution in [1.29, 1.82) is 0 Å². The largest absolute Gasteiger partial charge is 0.494 e. The van der Waals surface area contributed by atoms with E-state index in [1.54, 1.807) is 60.7 Å². The van der Waals surface area contributed by atoms with Gasteiger partial charge in [0.1, 0.15) is 34.5 Å². The fourth-order valence-corrected chi connectivity index (χ4v) is 12.4. The van der Waals surface area contributed by atoms with E-state index < -0.39 is 23.8 Å². The molecule has 2 fully saturated rings. The number of unbranched alkanes of at least 4 members (excludes halogenated alkanes) is 20. The first kappa shape index (κ1) is 72.6. The highest BCUT2D eigenvalue weighted by molar-refractivity contribution is 7.22. The van der Waals surface area contributed by atoms with Gasteiger partial charge in [0, 0.05) is 24.8 Å². The molecule has 2 saturated carbocycles. The van der Waals surface area contributed by atoms with Gasteiger partial charge in [-0.2, -0.15) is 5.10 Å². The number of esters is 6. The highest BCUT2D eigenvalue weighted by Crippen LogP contribution is 2.36. The number of hydrogen-bond donors (Lipinski definition) is 0. The van der Waals surface area contributed by atoms with Gasteiger partial charge in [-0.15, -0.1) is 0 Å². The summed E-state index contributed by atoms with van der Waals surface area (Å²) >= 11 is 1.48. The summed E-state index contributed by atoms with van der Waals surface area (Å²) in [5.41, 5.74) is 1.25. The predicted octanol–water partition coefficient (Wildman–Crippen LogP) is 17.2. The van der Waals surface area contributed by atoms with Crippen LogP contribution in [0.4, 0.5) is 5.13 Å². The average molecular weight is 1300 g/mol. The molecule has 7 rings (SSSR count). The molecular weight excluding hydrogens is 1200 g/mol. The SMILES string of the molecule is C=CC(=O)OCCCCCCCCCCCCCCOc1ccc(OC(=O)C2CCC(C(=O)Oc3ccc(OC(=O)C4CCC(C(=O)Oc5ccc(OCCCCCCCCCCCCOC(=O)C=C)cc5)CC4)c(/C=N/N(C)c4nc5ccccc5s4)c3)CC2)cc1. The molecule has 17 nitrogen and oxygen atoms in total. The first-order chi connectivity index (χ1) is 45.4. The van der Waals surface area contributed by atoms with Gasteiger partial charge in [0.2, 0.25) is 5.13 Å². The minimum absolute atomic E-state index is 0.237. The number of hydrogen-bond acceptors (Lipinski definition) is 18. The summed E-state index contributed by atoms with van der Waals surface area (Å²) < 4.78 is 46.6. The average Bonchev–Trinajstić information content (AvgIpc) is 1.92. The van der Waals surface area contributed by atoms with Gasteiger partial charge in [-0.1, -0.05) is 152 Å². The Balaban J connectivity index is 0.785. The van der Waals surface area contributed by atoms with Crippen molar-refractivity contribution in [1.82, 2.24) is 4.98 Å². The van der Waals surface area contributed by atoms with Crippen molar-refractivity contribution in [3.05, 3.63) is 122 Å².